The van der Waals surface area contributed by atoms with E-state index in [1.165, 1.54) is 13.2 Å². The zero-order valence-electron chi connectivity index (χ0n) is 9.53. The molecule has 0 aliphatic carbocycles. The van der Waals surface area contributed by atoms with Crippen LogP contribution in [0.4, 0.5) is 8.78 Å². The summed E-state index contributed by atoms with van der Waals surface area (Å²) in [4.78, 5) is 0. The minimum atomic E-state index is -0.903. The molecule has 0 atom stereocenters. The van der Waals surface area contributed by atoms with Gasteiger partial charge in [-0.05, 0) is 23.5 Å². The zero-order chi connectivity index (χ0) is 11.6. The fourth-order valence-corrected chi connectivity index (χ4v) is 1.44. The Morgan fingerprint density at radius 1 is 1.13 bits per heavy atom. The van der Waals surface area contributed by atoms with Gasteiger partial charge in [-0.1, -0.05) is 26.8 Å². The van der Waals surface area contributed by atoms with Gasteiger partial charge in [-0.2, -0.15) is 4.39 Å². The first kappa shape index (κ1) is 12.0. The first-order chi connectivity index (χ1) is 6.85. The lowest BCUT2D eigenvalue weighted by Gasteiger charge is -2.19. The Kier molecular flexibility index (Phi) is 3.32. The predicted octanol–water partition coefficient (Wildman–Crippen LogP) is 3.56. The van der Waals surface area contributed by atoms with Crippen molar-refractivity contribution in [2.45, 2.75) is 27.2 Å². The summed E-state index contributed by atoms with van der Waals surface area (Å²) in [5.74, 6) is -1.76. The molecule has 0 saturated carbocycles. The molecule has 0 spiro atoms. The second kappa shape index (κ2) is 4.17. The lowest BCUT2D eigenvalue weighted by Crippen LogP contribution is -2.11. The molecule has 0 heterocycles. The maximum Gasteiger partial charge on any atom is 0.200 e. The molecule has 84 valence electrons. The Bertz CT molecular complexity index is 353. The van der Waals surface area contributed by atoms with Crippen LogP contribution >= 0.6 is 0 Å². The minimum absolute atomic E-state index is 0.0508. The van der Waals surface area contributed by atoms with Crippen LogP contribution in [0.5, 0.6) is 5.75 Å². The van der Waals surface area contributed by atoms with Gasteiger partial charge in [0.1, 0.15) is 0 Å². The van der Waals surface area contributed by atoms with Gasteiger partial charge in [-0.15, -0.1) is 0 Å². The summed E-state index contributed by atoms with van der Waals surface area (Å²) in [6.07, 6.45) is 0.500. The molecule has 0 aliphatic heterocycles. The molecule has 0 radical (unpaired) electrons. The third kappa shape index (κ3) is 2.91. The van der Waals surface area contributed by atoms with Crippen LogP contribution in [-0.2, 0) is 6.42 Å². The Morgan fingerprint density at radius 2 is 1.73 bits per heavy atom. The van der Waals surface area contributed by atoms with E-state index in [-0.39, 0.29) is 11.2 Å². The number of methoxy groups -OCH3 is 1. The van der Waals surface area contributed by atoms with E-state index in [9.17, 15) is 8.78 Å². The summed E-state index contributed by atoms with van der Waals surface area (Å²) in [7, 11) is 1.32. The van der Waals surface area contributed by atoms with Crippen molar-refractivity contribution in [1.29, 1.82) is 0 Å². The second-order valence-corrected chi connectivity index (χ2v) is 4.79. The molecule has 0 fully saturated rings. The summed E-state index contributed by atoms with van der Waals surface area (Å²) in [6, 6.07) is 3.03. The first-order valence-electron chi connectivity index (χ1n) is 4.86. The van der Waals surface area contributed by atoms with Crippen molar-refractivity contribution in [3.05, 3.63) is 29.3 Å². The molecule has 1 aromatic carbocycles. The van der Waals surface area contributed by atoms with E-state index < -0.39 is 11.6 Å². The Balaban J connectivity index is 3.07. The van der Waals surface area contributed by atoms with Gasteiger partial charge in [0.15, 0.2) is 11.6 Å². The van der Waals surface area contributed by atoms with Crippen LogP contribution in [0.1, 0.15) is 26.3 Å². The van der Waals surface area contributed by atoms with Crippen molar-refractivity contribution >= 4 is 0 Å². The molecule has 0 aliphatic rings. The van der Waals surface area contributed by atoms with Crippen molar-refractivity contribution in [2.75, 3.05) is 7.11 Å². The SMILES string of the molecule is COc1ccc(CC(C)(C)C)c(F)c1F. The molecule has 0 N–H and O–H groups in total. The number of ether oxygens (including phenoxy) is 1. The normalized spacial score (nSPS) is 11.6. The van der Waals surface area contributed by atoms with E-state index in [0.717, 1.165) is 0 Å². The van der Waals surface area contributed by atoms with Crippen molar-refractivity contribution in [3.63, 3.8) is 0 Å². The van der Waals surface area contributed by atoms with E-state index in [1.54, 1.807) is 6.07 Å². The van der Waals surface area contributed by atoms with E-state index >= 15 is 0 Å². The molecule has 15 heavy (non-hydrogen) atoms. The highest BCUT2D eigenvalue weighted by Crippen LogP contribution is 2.27. The molecular weight excluding hydrogens is 198 g/mol. The first-order valence-corrected chi connectivity index (χ1v) is 4.86. The zero-order valence-corrected chi connectivity index (χ0v) is 9.53. The lowest BCUT2D eigenvalue weighted by molar-refractivity contribution is 0.361. The predicted molar refractivity (Wildman–Crippen MR) is 56.1 cm³/mol. The van der Waals surface area contributed by atoms with Crippen LogP contribution in [0.3, 0.4) is 0 Å². The molecule has 0 aromatic heterocycles. The van der Waals surface area contributed by atoms with Crippen LogP contribution in [0.15, 0.2) is 12.1 Å². The van der Waals surface area contributed by atoms with Crippen LogP contribution < -0.4 is 4.74 Å². The third-order valence-corrected chi connectivity index (χ3v) is 2.07. The van der Waals surface area contributed by atoms with E-state index in [2.05, 4.69) is 0 Å². The fourth-order valence-electron chi connectivity index (χ4n) is 1.44. The van der Waals surface area contributed by atoms with Gasteiger partial charge >= 0.3 is 0 Å². The van der Waals surface area contributed by atoms with Gasteiger partial charge < -0.3 is 4.74 Å². The highest BCUT2D eigenvalue weighted by atomic mass is 19.2. The van der Waals surface area contributed by atoms with Gasteiger partial charge in [0.05, 0.1) is 7.11 Å². The smallest absolute Gasteiger partial charge is 0.200 e. The molecular formula is C12H16F2O. The molecule has 1 nitrogen and oxygen atoms in total. The average molecular weight is 214 g/mol. The number of benzene rings is 1. The highest BCUT2D eigenvalue weighted by molar-refractivity contribution is 5.31. The van der Waals surface area contributed by atoms with E-state index in [0.29, 0.717) is 12.0 Å². The number of hydrogen-bond donors (Lipinski definition) is 0. The largest absolute Gasteiger partial charge is 0.494 e. The summed E-state index contributed by atoms with van der Waals surface area (Å²) >= 11 is 0. The lowest BCUT2D eigenvalue weighted by atomic mass is 9.88. The second-order valence-electron chi connectivity index (χ2n) is 4.79. The highest BCUT2D eigenvalue weighted by Gasteiger charge is 2.18. The van der Waals surface area contributed by atoms with Gasteiger partial charge in [0, 0.05) is 0 Å². The molecule has 0 saturated heterocycles. The van der Waals surface area contributed by atoms with E-state index in [1.807, 2.05) is 20.8 Å². The van der Waals surface area contributed by atoms with Crippen LogP contribution in [0.2, 0.25) is 0 Å². The molecule has 0 bridgehead atoms. The van der Waals surface area contributed by atoms with Crippen LogP contribution in [-0.4, -0.2) is 7.11 Å². The summed E-state index contributed by atoms with van der Waals surface area (Å²) in [6.45, 7) is 5.94. The maximum atomic E-state index is 13.5. The van der Waals surface area contributed by atoms with Gasteiger partial charge in [-0.25, -0.2) is 4.39 Å². The van der Waals surface area contributed by atoms with Crippen molar-refractivity contribution in [3.8, 4) is 5.75 Å². The standard InChI is InChI=1S/C12H16F2O/c1-12(2,3)7-8-5-6-9(15-4)11(14)10(8)13/h5-6H,7H2,1-4H3. The van der Waals surface area contributed by atoms with Gasteiger partial charge in [0.25, 0.3) is 0 Å². The Hall–Kier alpha value is -1.12. The molecule has 0 unspecified atom stereocenters. The Labute approximate surface area is 89.1 Å². The Morgan fingerprint density at radius 3 is 2.20 bits per heavy atom. The fraction of sp³-hybridized carbons (Fsp3) is 0.500. The summed E-state index contributed by atoms with van der Waals surface area (Å²) < 4.78 is 31.6. The minimum Gasteiger partial charge on any atom is -0.494 e. The van der Waals surface area contributed by atoms with Crippen molar-refractivity contribution < 1.29 is 13.5 Å². The van der Waals surface area contributed by atoms with E-state index in [4.69, 9.17) is 4.74 Å². The monoisotopic (exact) mass is 214 g/mol. The number of halogens is 2. The molecule has 3 heteroatoms. The maximum absolute atomic E-state index is 13.5. The third-order valence-electron chi connectivity index (χ3n) is 2.07. The summed E-state index contributed by atoms with van der Waals surface area (Å²) in [5.41, 5.74) is 0.322. The molecule has 1 aromatic rings. The topological polar surface area (TPSA) is 9.23 Å². The van der Waals surface area contributed by atoms with Crippen LogP contribution in [0, 0.1) is 17.0 Å². The molecule has 0 amide bonds. The van der Waals surface area contributed by atoms with Crippen molar-refractivity contribution in [2.24, 2.45) is 5.41 Å². The van der Waals surface area contributed by atoms with Gasteiger partial charge in [-0.3, -0.25) is 0 Å². The number of rotatable bonds is 2. The van der Waals surface area contributed by atoms with Crippen LogP contribution in [0.25, 0.3) is 0 Å². The average Bonchev–Trinajstić information content (AvgIpc) is 2.11. The number of hydrogen-bond acceptors (Lipinski definition) is 1. The van der Waals surface area contributed by atoms with Crippen molar-refractivity contribution in [1.82, 2.24) is 0 Å². The summed E-state index contributed by atoms with van der Waals surface area (Å²) in [5, 5.41) is 0. The van der Waals surface area contributed by atoms with Gasteiger partial charge in [0.2, 0.25) is 5.82 Å². The quantitative estimate of drug-likeness (QED) is 0.731. The molecule has 1 rings (SSSR count).